The molecule has 0 saturated heterocycles. The molecule has 6 heteroatoms. The van der Waals surface area contributed by atoms with Gasteiger partial charge in [-0.15, -0.1) is 11.3 Å². The Hall–Kier alpha value is -1.45. The fourth-order valence-electron chi connectivity index (χ4n) is 1.46. The van der Waals surface area contributed by atoms with Gasteiger partial charge in [-0.25, -0.2) is 4.98 Å². The van der Waals surface area contributed by atoms with Crippen LogP contribution in [0.4, 0.5) is 5.00 Å². The second-order valence-electron chi connectivity index (χ2n) is 4.17. The quantitative estimate of drug-likeness (QED) is 0.925. The second kappa shape index (κ2) is 4.43. The highest BCUT2D eigenvalue weighted by Gasteiger charge is 2.25. The Labute approximate surface area is 108 Å². The van der Waals surface area contributed by atoms with Crippen molar-refractivity contribution in [1.82, 2.24) is 9.36 Å². The molecule has 2 heterocycles. The first-order chi connectivity index (χ1) is 8.04. The molecule has 0 aliphatic rings. The van der Waals surface area contributed by atoms with Gasteiger partial charge in [0.05, 0.1) is 11.2 Å². The molecule has 2 rings (SSSR count). The second-order valence-corrected chi connectivity index (χ2v) is 5.84. The molecule has 0 amide bonds. The lowest BCUT2D eigenvalue weighted by molar-refractivity contribution is 0.606. The van der Waals surface area contributed by atoms with Gasteiger partial charge in [-0.1, -0.05) is 0 Å². The molecule has 17 heavy (non-hydrogen) atoms. The maximum Gasteiger partial charge on any atom is 0.128 e. The fourth-order valence-corrected chi connectivity index (χ4v) is 3.08. The number of aryl methyl sites for hydroxylation is 1. The Kier molecular flexibility index (Phi) is 3.13. The highest BCUT2D eigenvalue weighted by atomic mass is 32.1. The average Bonchev–Trinajstić information content (AvgIpc) is 2.88. The van der Waals surface area contributed by atoms with Crippen LogP contribution in [0.5, 0.6) is 0 Å². The van der Waals surface area contributed by atoms with Crippen LogP contribution in [0.1, 0.15) is 30.1 Å². The number of nitriles is 1. The Bertz CT molecular complexity index is 549. The van der Waals surface area contributed by atoms with E-state index in [2.05, 4.69) is 20.7 Å². The van der Waals surface area contributed by atoms with Crippen LogP contribution in [0, 0.1) is 18.3 Å². The minimum Gasteiger partial charge on any atom is -0.363 e. The molecule has 0 saturated carbocycles. The Morgan fingerprint density at radius 2 is 2.24 bits per heavy atom. The number of nitrogens with one attached hydrogen (secondary N) is 1. The predicted molar refractivity (Wildman–Crippen MR) is 70.3 cm³/mol. The predicted octanol–water partition coefficient (Wildman–Crippen LogP) is 3.13. The number of rotatable bonds is 3. The van der Waals surface area contributed by atoms with Gasteiger partial charge in [-0.3, -0.25) is 0 Å². The van der Waals surface area contributed by atoms with Crippen molar-refractivity contribution in [2.24, 2.45) is 0 Å². The molecule has 0 spiro atoms. The summed E-state index contributed by atoms with van der Waals surface area (Å²) in [5.74, 6) is 0. The molecule has 0 aliphatic carbocycles. The van der Waals surface area contributed by atoms with Crippen LogP contribution >= 0.6 is 22.9 Å². The maximum absolute atomic E-state index is 9.08. The highest BCUT2D eigenvalue weighted by molar-refractivity contribution is 7.11. The third-order valence-corrected chi connectivity index (χ3v) is 4.32. The highest BCUT2D eigenvalue weighted by Crippen LogP contribution is 2.32. The smallest absolute Gasteiger partial charge is 0.128 e. The molecular formula is C11H12N4S2. The summed E-state index contributed by atoms with van der Waals surface area (Å²) in [7, 11) is 0. The lowest BCUT2D eigenvalue weighted by Gasteiger charge is -2.23. The molecule has 0 radical (unpaired) electrons. The molecule has 0 bridgehead atoms. The third-order valence-electron chi connectivity index (χ3n) is 2.37. The van der Waals surface area contributed by atoms with Gasteiger partial charge in [-0.2, -0.15) is 9.64 Å². The lowest BCUT2D eigenvalue weighted by atomic mass is 10.1. The Morgan fingerprint density at radius 3 is 2.82 bits per heavy atom. The van der Waals surface area contributed by atoms with Gasteiger partial charge in [0.15, 0.2) is 0 Å². The van der Waals surface area contributed by atoms with Crippen molar-refractivity contribution in [3.63, 3.8) is 0 Å². The van der Waals surface area contributed by atoms with Crippen LogP contribution in [0.15, 0.2) is 11.6 Å². The van der Waals surface area contributed by atoms with E-state index < -0.39 is 0 Å². The Balaban J connectivity index is 2.30. The largest absolute Gasteiger partial charge is 0.363 e. The van der Waals surface area contributed by atoms with Gasteiger partial charge in [0.1, 0.15) is 21.6 Å². The molecule has 1 N–H and O–H groups in total. The summed E-state index contributed by atoms with van der Waals surface area (Å²) >= 11 is 2.92. The van der Waals surface area contributed by atoms with Crippen LogP contribution < -0.4 is 5.32 Å². The van der Waals surface area contributed by atoms with Gasteiger partial charge in [-0.05, 0) is 32.3 Å². The van der Waals surface area contributed by atoms with Gasteiger partial charge >= 0.3 is 0 Å². The normalized spacial score (nSPS) is 11.2. The van der Waals surface area contributed by atoms with Crippen LogP contribution in [0.2, 0.25) is 0 Å². The van der Waals surface area contributed by atoms with Crippen molar-refractivity contribution in [3.05, 3.63) is 27.8 Å². The molecular weight excluding hydrogens is 252 g/mol. The zero-order valence-corrected chi connectivity index (χ0v) is 11.4. The lowest BCUT2D eigenvalue weighted by Crippen LogP contribution is -2.27. The van der Waals surface area contributed by atoms with E-state index in [0.29, 0.717) is 5.56 Å². The Morgan fingerprint density at radius 1 is 1.47 bits per heavy atom. The molecule has 0 aliphatic heterocycles. The topological polar surface area (TPSA) is 61.6 Å². The van der Waals surface area contributed by atoms with Crippen LogP contribution in [0.25, 0.3) is 0 Å². The van der Waals surface area contributed by atoms with Crippen LogP contribution in [-0.4, -0.2) is 9.36 Å². The average molecular weight is 264 g/mol. The standard InChI is InChI=1S/C11H12N4S2/c1-7-8(6-12)9(17-15-7)14-11(2,3)10-13-4-5-16-10/h4-5,14H,1-3H3. The van der Waals surface area contributed by atoms with Crippen LogP contribution in [-0.2, 0) is 5.54 Å². The van der Waals surface area contributed by atoms with Crippen molar-refractivity contribution in [1.29, 1.82) is 5.26 Å². The van der Waals surface area contributed by atoms with Crippen molar-refractivity contribution in [2.75, 3.05) is 5.32 Å². The summed E-state index contributed by atoms with van der Waals surface area (Å²) in [6.07, 6.45) is 1.78. The SMILES string of the molecule is Cc1nsc(NC(C)(C)c2nccs2)c1C#N. The number of anilines is 1. The van der Waals surface area contributed by atoms with Gasteiger partial charge in [0, 0.05) is 11.6 Å². The molecule has 0 unspecified atom stereocenters. The number of nitrogens with zero attached hydrogens (tertiary/aromatic N) is 3. The monoisotopic (exact) mass is 264 g/mol. The summed E-state index contributed by atoms with van der Waals surface area (Å²) in [5.41, 5.74) is 1.10. The van der Waals surface area contributed by atoms with Crippen LogP contribution in [0.3, 0.4) is 0 Å². The van der Waals surface area contributed by atoms with E-state index >= 15 is 0 Å². The molecule has 4 nitrogen and oxygen atoms in total. The van der Waals surface area contributed by atoms with E-state index in [1.165, 1.54) is 11.5 Å². The molecule has 0 fully saturated rings. The molecule has 2 aromatic rings. The summed E-state index contributed by atoms with van der Waals surface area (Å²) in [5, 5.41) is 16.2. The van der Waals surface area contributed by atoms with Crippen molar-refractivity contribution in [2.45, 2.75) is 26.3 Å². The fraction of sp³-hybridized carbons (Fsp3) is 0.364. The van der Waals surface area contributed by atoms with Gasteiger partial charge in [0.25, 0.3) is 0 Å². The first kappa shape index (κ1) is 12.0. The molecule has 0 atom stereocenters. The van der Waals surface area contributed by atoms with E-state index in [-0.39, 0.29) is 5.54 Å². The number of hydrogen-bond donors (Lipinski definition) is 1. The number of aromatic nitrogens is 2. The van der Waals surface area contributed by atoms with Gasteiger partial charge < -0.3 is 5.32 Å². The first-order valence-corrected chi connectivity index (χ1v) is 6.74. The van der Waals surface area contributed by atoms with E-state index in [9.17, 15) is 0 Å². The van der Waals surface area contributed by atoms with E-state index in [1.807, 2.05) is 26.2 Å². The van der Waals surface area contributed by atoms with E-state index in [4.69, 9.17) is 5.26 Å². The third kappa shape index (κ3) is 2.30. The zero-order chi connectivity index (χ0) is 12.5. The molecule has 88 valence electrons. The zero-order valence-electron chi connectivity index (χ0n) is 9.81. The number of thiazole rings is 1. The molecule has 0 aromatic carbocycles. The summed E-state index contributed by atoms with van der Waals surface area (Å²) in [6, 6.07) is 2.18. The minimum atomic E-state index is -0.293. The van der Waals surface area contributed by atoms with Crippen molar-refractivity contribution < 1.29 is 0 Å². The summed E-state index contributed by atoms with van der Waals surface area (Å²) in [4.78, 5) is 4.30. The van der Waals surface area contributed by atoms with Crippen molar-refractivity contribution >= 4 is 27.9 Å². The first-order valence-electron chi connectivity index (χ1n) is 5.09. The summed E-state index contributed by atoms with van der Waals surface area (Å²) in [6.45, 7) is 5.93. The maximum atomic E-state index is 9.08. The van der Waals surface area contributed by atoms with E-state index in [0.717, 1.165) is 15.7 Å². The minimum absolute atomic E-state index is 0.293. The van der Waals surface area contributed by atoms with E-state index in [1.54, 1.807) is 17.5 Å². The summed E-state index contributed by atoms with van der Waals surface area (Å²) < 4.78 is 4.19. The van der Waals surface area contributed by atoms with Crippen molar-refractivity contribution in [3.8, 4) is 6.07 Å². The van der Waals surface area contributed by atoms with Gasteiger partial charge in [0.2, 0.25) is 0 Å². The number of hydrogen-bond acceptors (Lipinski definition) is 6. The molecule has 2 aromatic heterocycles.